The van der Waals surface area contributed by atoms with Crippen molar-refractivity contribution in [3.05, 3.63) is 28.8 Å². The van der Waals surface area contributed by atoms with E-state index in [0.717, 1.165) is 19.4 Å². The van der Waals surface area contributed by atoms with Crippen LogP contribution in [0.4, 0.5) is 0 Å². The molecule has 1 N–H and O–H groups in total. The number of fused-ring (bicyclic) bond motifs is 1. The Bertz CT molecular complexity index is 843. The van der Waals surface area contributed by atoms with Crippen molar-refractivity contribution in [2.24, 2.45) is 0 Å². The summed E-state index contributed by atoms with van der Waals surface area (Å²) in [7, 11) is 3.04. The van der Waals surface area contributed by atoms with E-state index in [4.69, 9.17) is 14.2 Å². The molecule has 1 amide bonds. The quantitative estimate of drug-likeness (QED) is 0.794. The van der Waals surface area contributed by atoms with E-state index in [1.165, 1.54) is 25.1 Å². The van der Waals surface area contributed by atoms with E-state index in [0.29, 0.717) is 28.9 Å². The topological polar surface area (TPSA) is 91.7 Å². The van der Waals surface area contributed by atoms with E-state index in [9.17, 15) is 9.59 Å². The Morgan fingerprint density at radius 1 is 1.35 bits per heavy atom. The molecule has 1 aromatic heterocycles. The molecular weight excluding hydrogens is 338 g/mol. The van der Waals surface area contributed by atoms with Crippen LogP contribution in [-0.2, 0) is 16.1 Å². The summed E-state index contributed by atoms with van der Waals surface area (Å²) < 4.78 is 17.4. The number of nitrogens with one attached hydrogen (secondary N) is 1. The van der Waals surface area contributed by atoms with Crippen LogP contribution in [0.1, 0.15) is 19.3 Å². The highest BCUT2D eigenvalue weighted by molar-refractivity contribution is 5.81. The molecule has 0 saturated carbocycles. The normalized spacial score (nSPS) is 16.6. The second-order valence-corrected chi connectivity index (χ2v) is 6.16. The van der Waals surface area contributed by atoms with Crippen molar-refractivity contribution in [2.75, 3.05) is 27.4 Å². The van der Waals surface area contributed by atoms with E-state index >= 15 is 0 Å². The highest BCUT2D eigenvalue weighted by atomic mass is 16.5. The zero-order chi connectivity index (χ0) is 18.5. The number of aromatic nitrogens is 2. The molecule has 8 nitrogen and oxygen atoms in total. The minimum absolute atomic E-state index is 0.103. The van der Waals surface area contributed by atoms with Crippen molar-refractivity contribution in [1.29, 1.82) is 0 Å². The lowest BCUT2D eigenvalue weighted by Crippen LogP contribution is -2.33. The summed E-state index contributed by atoms with van der Waals surface area (Å²) in [6.45, 7) is 1.53. The third-order valence-corrected chi connectivity index (χ3v) is 4.46. The van der Waals surface area contributed by atoms with Crippen LogP contribution in [0.15, 0.2) is 23.3 Å². The lowest BCUT2D eigenvalue weighted by molar-refractivity contribution is -0.121. The average molecular weight is 361 g/mol. The van der Waals surface area contributed by atoms with Crippen LogP contribution < -0.4 is 20.3 Å². The molecule has 1 aromatic carbocycles. The molecule has 26 heavy (non-hydrogen) atoms. The fourth-order valence-corrected chi connectivity index (χ4v) is 2.99. The summed E-state index contributed by atoms with van der Waals surface area (Å²) >= 11 is 0. The van der Waals surface area contributed by atoms with Crippen LogP contribution in [-0.4, -0.2) is 48.9 Å². The van der Waals surface area contributed by atoms with Gasteiger partial charge in [-0.25, -0.2) is 4.98 Å². The molecule has 2 heterocycles. The molecule has 0 spiro atoms. The molecular formula is C18H23N3O5. The number of hydrogen-bond acceptors (Lipinski definition) is 6. The summed E-state index contributed by atoms with van der Waals surface area (Å²) in [6, 6.07) is 3.27. The first-order valence-electron chi connectivity index (χ1n) is 8.62. The van der Waals surface area contributed by atoms with E-state index in [2.05, 4.69) is 10.3 Å². The zero-order valence-electron chi connectivity index (χ0n) is 15.0. The fourth-order valence-electron chi connectivity index (χ4n) is 2.99. The van der Waals surface area contributed by atoms with Crippen molar-refractivity contribution >= 4 is 16.8 Å². The highest BCUT2D eigenvalue weighted by Gasteiger charge is 2.16. The lowest BCUT2D eigenvalue weighted by atomic mass is 10.2. The SMILES string of the molecule is COc1cc2ncn(CCC(=O)NCC3CCCO3)c(=O)c2cc1OC. The Kier molecular flexibility index (Phi) is 5.72. The van der Waals surface area contributed by atoms with Gasteiger partial charge < -0.3 is 19.5 Å². The van der Waals surface area contributed by atoms with Crippen molar-refractivity contribution in [3.63, 3.8) is 0 Å². The summed E-state index contributed by atoms with van der Waals surface area (Å²) in [5, 5.41) is 3.27. The van der Waals surface area contributed by atoms with Gasteiger partial charge in [0.05, 0.1) is 37.6 Å². The maximum atomic E-state index is 12.7. The second kappa shape index (κ2) is 8.18. The third kappa shape index (κ3) is 3.96. The molecule has 3 rings (SSSR count). The summed E-state index contributed by atoms with van der Waals surface area (Å²) in [4.78, 5) is 28.9. The summed E-state index contributed by atoms with van der Waals surface area (Å²) in [6.07, 6.45) is 3.76. The molecule has 8 heteroatoms. The summed E-state index contributed by atoms with van der Waals surface area (Å²) in [5.74, 6) is 0.865. The van der Waals surface area contributed by atoms with Crippen LogP contribution in [0.5, 0.6) is 11.5 Å². The van der Waals surface area contributed by atoms with Gasteiger partial charge in [0.1, 0.15) is 0 Å². The first-order chi connectivity index (χ1) is 12.6. The molecule has 0 radical (unpaired) electrons. The van der Waals surface area contributed by atoms with Crippen molar-refractivity contribution in [2.45, 2.75) is 31.9 Å². The maximum Gasteiger partial charge on any atom is 0.261 e. The Hall–Kier alpha value is -2.61. The largest absolute Gasteiger partial charge is 0.493 e. The number of methoxy groups -OCH3 is 2. The molecule has 1 unspecified atom stereocenters. The number of rotatable bonds is 7. The van der Waals surface area contributed by atoms with Gasteiger partial charge in [-0.05, 0) is 18.9 Å². The molecule has 0 aliphatic carbocycles. The van der Waals surface area contributed by atoms with E-state index in [-0.39, 0.29) is 30.5 Å². The van der Waals surface area contributed by atoms with E-state index in [1.807, 2.05) is 0 Å². The predicted molar refractivity (Wildman–Crippen MR) is 95.7 cm³/mol. The predicted octanol–water partition coefficient (Wildman–Crippen LogP) is 1.10. The number of benzene rings is 1. The number of carbonyl (C=O) groups is 1. The summed E-state index contributed by atoms with van der Waals surface area (Å²) in [5.41, 5.74) is 0.301. The molecule has 1 saturated heterocycles. The Morgan fingerprint density at radius 3 is 2.81 bits per heavy atom. The van der Waals surface area contributed by atoms with Gasteiger partial charge in [0.15, 0.2) is 11.5 Å². The van der Waals surface area contributed by atoms with Crippen LogP contribution >= 0.6 is 0 Å². The molecule has 0 bridgehead atoms. The van der Waals surface area contributed by atoms with Gasteiger partial charge >= 0.3 is 0 Å². The number of carbonyl (C=O) groups excluding carboxylic acids is 1. The third-order valence-electron chi connectivity index (χ3n) is 4.46. The zero-order valence-corrected chi connectivity index (χ0v) is 15.0. The van der Waals surface area contributed by atoms with Crippen LogP contribution in [0.25, 0.3) is 10.9 Å². The maximum absolute atomic E-state index is 12.7. The van der Waals surface area contributed by atoms with Gasteiger partial charge in [-0.3, -0.25) is 14.2 Å². The van der Waals surface area contributed by atoms with Crippen LogP contribution in [0.2, 0.25) is 0 Å². The van der Waals surface area contributed by atoms with Gasteiger partial charge in [0, 0.05) is 32.2 Å². The Labute approximate surface area is 151 Å². The number of aryl methyl sites for hydroxylation is 1. The van der Waals surface area contributed by atoms with Crippen LogP contribution in [0, 0.1) is 0 Å². The van der Waals surface area contributed by atoms with Crippen molar-refractivity contribution in [3.8, 4) is 11.5 Å². The molecule has 1 fully saturated rings. The van der Waals surface area contributed by atoms with Crippen molar-refractivity contribution in [1.82, 2.24) is 14.9 Å². The van der Waals surface area contributed by atoms with Crippen molar-refractivity contribution < 1.29 is 19.0 Å². The number of amides is 1. The van der Waals surface area contributed by atoms with Gasteiger partial charge in [0.2, 0.25) is 5.91 Å². The first-order valence-corrected chi connectivity index (χ1v) is 8.62. The minimum Gasteiger partial charge on any atom is -0.493 e. The Morgan fingerprint density at radius 2 is 2.12 bits per heavy atom. The van der Waals surface area contributed by atoms with E-state index < -0.39 is 0 Å². The molecule has 1 atom stereocenters. The minimum atomic E-state index is -0.220. The van der Waals surface area contributed by atoms with Gasteiger partial charge in [0.25, 0.3) is 5.56 Å². The van der Waals surface area contributed by atoms with Gasteiger partial charge in [-0.2, -0.15) is 0 Å². The van der Waals surface area contributed by atoms with Gasteiger partial charge in [-0.15, -0.1) is 0 Å². The Balaban J connectivity index is 1.68. The molecule has 140 valence electrons. The first kappa shape index (κ1) is 18.2. The smallest absolute Gasteiger partial charge is 0.261 e. The molecule has 2 aromatic rings. The number of hydrogen-bond donors (Lipinski definition) is 1. The fraction of sp³-hybridized carbons (Fsp3) is 0.500. The van der Waals surface area contributed by atoms with Gasteiger partial charge in [-0.1, -0.05) is 0 Å². The molecule has 1 aliphatic rings. The number of ether oxygens (including phenoxy) is 3. The highest BCUT2D eigenvalue weighted by Crippen LogP contribution is 2.29. The second-order valence-electron chi connectivity index (χ2n) is 6.16. The lowest BCUT2D eigenvalue weighted by Gasteiger charge is -2.12. The standard InChI is InChI=1S/C18H23N3O5/c1-24-15-8-13-14(9-16(15)25-2)20-11-21(18(13)23)6-5-17(22)19-10-12-4-3-7-26-12/h8-9,11-12H,3-7,10H2,1-2H3,(H,19,22). The molecule has 1 aliphatic heterocycles. The number of nitrogens with zero attached hydrogens (tertiary/aromatic N) is 2. The van der Waals surface area contributed by atoms with Crippen LogP contribution in [0.3, 0.4) is 0 Å². The monoisotopic (exact) mass is 361 g/mol. The average Bonchev–Trinajstić information content (AvgIpc) is 3.18. The van der Waals surface area contributed by atoms with E-state index in [1.54, 1.807) is 12.1 Å².